The van der Waals surface area contributed by atoms with Crippen LogP contribution < -0.4 is 24.4 Å². The number of aromatic nitrogens is 2. The monoisotopic (exact) mass is 549 g/mol. The number of anilines is 5. The van der Waals surface area contributed by atoms with Crippen LogP contribution in [0.2, 0.25) is 0 Å². The molecule has 3 aromatic carbocycles. The zero-order valence-corrected chi connectivity index (χ0v) is 23.0. The van der Waals surface area contributed by atoms with Crippen LogP contribution in [0.15, 0.2) is 66.7 Å². The van der Waals surface area contributed by atoms with E-state index >= 15 is 0 Å². The molecule has 0 aliphatic carbocycles. The largest absolute Gasteiger partial charge is 0.497 e. The molecule has 0 aliphatic rings. The molecule has 10 nitrogen and oxygen atoms in total. The first-order valence-corrected chi connectivity index (χ1v) is 13.5. The van der Waals surface area contributed by atoms with Gasteiger partial charge in [-0.15, -0.1) is 0 Å². The van der Waals surface area contributed by atoms with Crippen molar-refractivity contribution in [3.63, 3.8) is 0 Å². The molecule has 0 spiro atoms. The number of nitrogens with one attached hydrogen (secondary N) is 2. The van der Waals surface area contributed by atoms with Crippen molar-refractivity contribution in [2.24, 2.45) is 5.92 Å². The van der Waals surface area contributed by atoms with Crippen LogP contribution in [0.5, 0.6) is 11.5 Å². The minimum atomic E-state index is -2.53. The lowest BCUT2D eigenvalue weighted by atomic mass is 10.1. The van der Waals surface area contributed by atoms with Crippen LogP contribution in [0.4, 0.5) is 28.7 Å². The minimum Gasteiger partial charge on any atom is -0.497 e. The fourth-order valence-electron chi connectivity index (χ4n) is 4.06. The summed E-state index contributed by atoms with van der Waals surface area (Å²) in [5.74, 6) is 1.16. The number of nitrogens with zero attached hydrogens (tertiary/aromatic N) is 3. The van der Waals surface area contributed by atoms with Gasteiger partial charge < -0.3 is 20.1 Å². The van der Waals surface area contributed by atoms with Crippen LogP contribution in [0, 0.1) is 5.92 Å². The molecule has 0 fully saturated rings. The van der Waals surface area contributed by atoms with Crippen LogP contribution in [-0.4, -0.2) is 38.9 Å². The van der Waals surface area contributed by atoms with Gasteiger partial charge in [0.05, 0.1) is 30.9 Å². The predicted molar refractivity (Wildman–Crippen MR) is 154 cm³/mol. The molecule has 4 aromatic rings. The summed E-state index contributed by atoms with van der Waals surface area (Å²) in [6, 6.07) is 19.2. The van der Waals surface area contributed by atoms with Gasteiger partial charge >= 0.3 is 0 Å². The number of para-hydroxylation sites is 2. The van der Waals surface area contributed by atoms with E-state index in [-0.39, 0.29) is 23.5 Å². The van der Waals surface area contributed by atoms with Crippen molar-refractivity contribution in [1.29, 1.82) is 0 Å². The predicted octanol–water partition coefficient (Wildman–Crippen LogP) is 6.04. The van der Waals surface area contributed by atoms with Crippen molar-refractivity contribution >= 4 is 56.9 Å². The Morgan fingerprint density at radius 3 is 2.26 bits per heavy atom. The van der Waals surface area contributed by atoms with Gasteiger partial charge in [-0.1, -0.05) is 38.5 Å². The molecule has 0 saturated carbocycles. The van der Waals surface area contributed by atoms with E-state index in [2.05, 4.69) is 10.6 Å². The first-order chi connectivity index (χ1) is 18.8. The molecular weight excluding hydrogens is 518 g/mol. The number of carbonyl (C=O) groups excluding carboxylic acids is 1. The summed E-state index contributed by atoms with van der Waals surface area (Å²) >= 11 is -2.53. The van der Waals surface area contributed by atoms with Gasteiger partial charge in [0, 0.05) is 35.5 Å². The lowest BCUT2D eigenvalue weighted by Gasteiger charge is -2.23. The van der Waals surface area contributed by atoms with Gasteiger partial charge in [0.2, 0.25) is 5.91 Å². The van der Waals surface area contributed by atoms with Crippen molar-refractivity contribution in [3.05, 3.63) is 66.7 Å². The number of amides is 1. The molecule has 0 saturated heterocycles. The highest BCUT2D eigenvalue weighted by molar-refractivity contribution is 7.81. The Bertz CT molecular complexity index is 1480. The lowest BCUT2D eigenvalue weighted by Crippen LogP contribution is -2.23. The second kappa shape index (κ2) is 12.5. The molecule has 4 rings (SSSR count). The van der Waals surface area contributed by atoms with E-state index in [4.69, 9.17) is 19.4 Å². The standard InChI is InChI=1S/C28H31N5O5S/c1-5-9-18(2)28(34)30-19-10-8-11-21(14-19)33(39(35)36)27-26(31-24-12-6-7-13-25(24)32-27)29-20-15-22(37-3)17-23(16-20)38-4/h6-8,10-18H,5,9H2,1-4H3,(H,29,31)(H,30,34)(H,35,36). The highest BCUT2D eigenvalue weighted by Gasteiger charge is 2.24. The molecule has 3 N–H and O–H groups in total. The molecule has 0 bridgehead atoms. The maximum absolute atomic E-state index is 12.8. The number of fused-ring (bicyclic) bond motifs is 1. The summed E-state index contributed by atoms with van der Waals surface area (Å²) in [5.41, 5.74) is 2.54. The molecule has 0 radical (unpaired) electrons. The van der Waals surface area contributed by atoms with Crippen molar-refractivity contribution in [3.8, 4) is 11.5 Å². The Morgan fingerprint density at radius 2 is 1.64 bits per heavy atom. The van der Waals surface area contributed by atoms with Gasteiger partial charge in [-0.05, 0) is 36.8 Å². The third-order valence-corrected chi connectivity index (χ3v) is 6.73. The Hall–Kier alpha value is -4.22. The number of ether oxygens (including phenoxy) is 2. The summed E-state index contributed by atoms with van der Waals surface area (Å²) in [4.78, 5) is 22.0. The number of hydrogen-bond acceptors (Lipinski definition) is 7. The Morgan fingerprint density at radius 1 is 0.974 bits per heavy atom. The van der Waals surface area contributed by atoms with E-state index < -0.39 is 11.3 Å². The van der Waals surface area contributed by atoms with Crippen LogP contribution in [0.3, 0.4) is 0 Å². The summed E-state index contributed by atoms with van der Waals surface area (Å²) in [7, 11) is 3.09. The zero-order chi connectivity index (χ0) is 27.9. The minimum absolute atomic E-state index is 0.110. The van der Waals surface area contributed by atoms with Gasteiger partial charge in [-0.3, -0.25) is 9.35 Å². The third-order valence-electron chi connectivity index (χ3n) is 6.03. The molecule has 11 heteroatoms. The molecule has 39 heavy (non-hydrogen) atoms. The normalized spacial score (nSPS) is 12.4. The molecule has 2 atom stereocenters. The second-order valence-electron chi connectivity index (χ2n) is 8.87. The number of benzene rings is 3. The van der Waals surface area contributed by atoms with E-state index in [0.29, 0.717) is 39.6 Å². The second-order valence-corrected chi connectivity index (χ2v) is 9.69. The number of carbonyl (C=O) groups is 1. The average Bonchev–Trinajstić information content (AvgIpc) is 2.93. The lowest BCUT2D eigenvalue weighted by molar-refractivity contribution is -0.119. The smallest absolute Gasteiger partial charge is 0.268 e. The molecule has 1 aromatic heterocycles. The highest BCUT2D eigenvalue weighted by Crippen LogP contribution is 2.36. The van der Waals surface area contributed by atoms with Crippen molar-refractivity contribution < 1.29 is 23.0 Å². The summed E-state index contributed by atoms with van der Waals surface area (Å²) < 4.78 is 35.1. The molecular formula is C28H31N5O5S. The van der Waals surface area contributed by atoms with E-state index in [1.165, 1.54) is 0 Å². The number of rotatable bonds is 11. The van der Waals surface area contributed by atoms with Gasteiger partial charge in [0.25, 0.3) is 11.3 Å². The molecule has 1 heterocycles. The van der Waals surface area contributed by atoms with Crippen LogP contribution >= 0.6 is 0 Å². The Balaban J connectivity index is 1.80. The SMILES string of the molecule is CCCC(C)C(=O)Nc1cccc(N(c2nc3ccccc3nc2Nc2cc(OC)cc(OC)c2)S(=O)O)c1. The van der Waals surface area contributed by atoms with E-state index in [1.54, 1.807) is 68.8 Å². The maximum atomic E-state index is 12.8. The highest BCUT2D eigenvalue weighted by atomic mass is 32.2. The fourth-order valence-corrected chi connectivity index (χ4v) is 4.63. The molecule has 0 aliphatic heterocycles. The van der Waals surface area contributed by atoms with Crippen molar-refractivity contribution in [2.75, 3.05) is 29.2 Å². The van der Waals surface area contributed by atoms with Crippen molar-refractivity contribution in [1.82, 2.24) is 9.97 Å². The first kappa shape index (κ1) is 27.8. The Labute approximate surface area is 229 Å². The summed E-state index contributed by atoms with van der Waals surface area (Å²) in [6.45, 7) is 3.89. The van der Waals surface area contributed by atoms with E-state index in [9.17, 15) is 13.6 Å². The van der Waals surface area contributed by atoms with Gasteiger partial charge in [0.15, 0.2) is 11.6 Å². The Kier molecular flexibility index (Phi) is 8.95. The number of hydrogen-bond donors (Lipinski definition) is 3. The van der Waals surface area contributed by atoms with E-state index in [0.717, 1.165) is 17.1 Å². The summed E-state index contributed by atoms with van der Waals surface area (Å²) in [6.07, 6.45) is 1.65. The fraction of sp³-hybridized carbons (Fsp3) is 0.250. The summed E-state index contributed by atoms with van der Waals surface area (Å²) in [5, 5.41) is 6.10. The van der Waals surface area contributed by atoms with Gasteiger partial charge in [0.1, 0.15) is 11.5 Å². The van der Waals surface area contributed by atoms with Crippen LogP contribution in [0.25, 0.3) is 11.0 Å². The van der Waals surface area contributed by atoms with E-state index in [1.807, 2.05) is 26.0 Å². The topological polar surface area (TPSA) is 126 Å². The van der Waals surface area contributed by atoms with Gasteiger partial charge in [-0.2, -0.15) is 0 Å². The van der Waals surface area contributed by atoms with Crippen molar-refractivity contribution in [2.45, 2.75) is 26.7 Å². The zero-order valence-electron chi connectivity index (χ0n) is 22.2. The first-order valence-electron chi connectivity index (χ1n) is 12.4. The number of methoxy groups -OCH3 is 2. The molecule has 204 valence electrons. The molecule has 2 unspecified atom stereocenters. The maximum Gasteiger partial charge on any atom is 0.268 e. The van der Waals surface area contributed by atoms with Gasteiger partial charge in [-0.25, -0.2) is 18.5 Å². The van der Waals surface area contributed by atoms with Crippen LogP contribution in [0.1, 0.15) is 26.7 Å². The average molecular weight is 550 g/mol. The molecule has 1 amide bonds. The third kappa shape index (κ3) is 6.62. The van der Waals surface area contributed by atoms with Crippen LogP contribution in [-0.2, 0) is 16.1 Å². The quantitative estimate of drug-likeness (QED) is 0.193.